The fourth-order valence-corrected chi connectivity index (χ4v) is 2.48. The van der Waals surface area contributed by atoms with E-state index in [1.54, 1.807) is 17.9 Å². The zero-order valence-corrected chi connectivity index (χ0v) is 12.3. The molecule has 1 atom stereocenters. The van der Waals surface area contributed by atoms with Crippen molar-refractivity contribution in [2.24, 2.45) is 7.05 Å². The minimum Gasteiger partial charge on any atom is -0.496 e. The van der Waals surface area contributed by atoms with Gasteiger partial charge in [0.05, 0.1) is 18.8 Å². The minimum absolute atomic E-state index is 0.149. The number of nitrogens with one attached hydrogen (secondary N) is 1. The summed E-state index contributed by atoms with van der Waals surface area (Å²) in [5, 5.41) is 7.67. The van der Waals surface area contributed by atoms with E-state index in [-0.39, 0.29) is 11.9 Å². The number of hydrogen-bond acceptors (Lipinski definition) is 3. The first-order valence-corrected chi connectivity index (χ1v) is 6.63. The van der Waals surface area contributed by atoms with Crippen LogP contribution < -0.4 is 10.1 Å². The van der Waals surface area contributed by atoms with Crippen molar-refractivity contribution in [2.45, 2.75) is 19.4 Å². The fraction of sp³-hybridized carbons (Fsp3) is 0.400. The molecule has 0 radical (unpaired) electrons. The Morgan fingerprint density at radius 2 is 2.15 bits per heavy atom. The number of methoxy groups -OCH3 is 1. The summed E-state index contributed by atoms with van der Waals surface area (Å²) in [4.78, 5) is 0. The lowest BCUT2D eigenvalue weighted by Gasteiger charge is -2.19. The van der Waals surface area contributed by atoms with Gasteiger partial charge in [0, 0.05) is 24.4 Å². The third kappa shape index (κ3) is 2.67. The molecule has 20 heavy (non-hydrogen) atoms. The lowest BCUT2D eigenvalue weighted by Crippen LogP contribution is -2.19. The van der Waals surface area contributed by atoms with Crippen molar-refractivity contribution in [3.63, 3.8) is 0 Å². The lowest BCUT2D eigenvalue weighted by atomic mass is 9.97. The molecule has 2 aromatic rings. The average molecular weight is 277 g/mol. The molecule has 1 N–H and O–H groups in total. The van der Waals surface area contributed by atoms with E-state index in [0.29, 0.717) is 5.75 Å². The summed E-state index contributed by atoms with van der Waals surface area (Å²) < 4.78 is 20.7. The van der Waals surface area contributed by atoms with E-state index in [1.165, 1.54) is 12.1 Å². The molecule has 0 aliphatic rings. The van der Waals surface area contributed by atoms with Gasteiger partial charge in [-0.1, -0.05) is 6.92 Å². The van der Waals surface area contributed by atoms with Crippen molar-refractivity contribution in [2.75, 3.05) is 14.2 Å². The maximum atomic E-state index is 13.6. The topological polar surface area (TPSA) is 39.1 Å². The molecule has 0 spiro atoms. The van der Waals surface area contributed by atoms with Crippen LogP contribution in [-0.2, 0) is 13.5 Å². The van der Waals surface area contributed by atoms with Crippen molar-refractivity contribution in [1.29, 1.82) is 0 Å². The first kappa shape index (κ1) is 14.5. The molecule has 0 bridgehead atoms. The molecule has 5 heteroatoms. The van der Waals surface area contributed by atoms with Crippen molar-refractivity contribution in [3.05, 3.63) is 47.0 Å². The van der Waals surface area contributed by atoms with E-state index in [0.717, 1.165) is 23.2 Å². The summed E-state index contributed by atoms with van der Waals surface area (Å²) in [6, 6.07) is 4.41. The third-order valence-electron chi connectivity index (χ3n) is 3.37. The molecule has 2 rings (SSSR count). The molecule has 4 nitrogen and oxygen atoms in total. The second kappa shape index (κ2) is 6.05. The predicted molar refractivity (Wildman–Crippen MR) is 76.4 cm³/mol. The molecular weight excluding hydrogens is 257 g/mol. The first-order valence-electron chi connectivity index (χ1n) is 6.63. The van der Waals surface area contributed by atoms with Crippen LogP contribution in [0.15, 0.2) is 24.4 Å². The Kier molecular flexibility index (Phi) is 4.39. The lowest BCUT2D eigenvalue weighted by molar-refractivity contribution is 0.403. The largest absolute Gasteiger partial charge is 0.496 e. The second-order valence-electron chi connectivity index (χ2n) is 4.67. The van der Waals surface area contributed by atoms with Gasteiger partial charge in [-0.15, -0.1) is 0 Å². The van der Waals surface area contributed by atoms with Crippen LogP contribution in [0.1, 0.15) is 29.8 Å². The fourth-order valence-electron chi connectivity index (χ4n) is 2.48. The van der Waals surface area contributed by atoms with E-state index in [1.807, 2.05) is 20.3 Å². The van der Waals surface area contributed by atoms with E-state index in [9.17, 15) is 4.39 Å². The number of benzene rings is 1. The molecule has 108 valence electrons. The highest BCUT2D eigenvalue weighted by molar-refractivity contribution is 5.42. The highest BCUT2D eigenvalue weighted by Crippen LogP contribution is 2.32. The summed E-state index contributed by atoms with van der Waals surface area (Å²) >= 11 is 0. The maximum absolute atomic E-state index is 13.6. The van der Waals surface area contributed by atoms with E-state index in [4.69, 9.17) is 4.74 Å². The highest BCUT2D eigenvalue weighted by Gasteiger charge is 2.21. The molecule has 1 unspecified atom stereocenters. The Labute approximate surface area is 118 Å². The highest BCUT2D eigenvalue weighted by atomic mass is 19.1. The normalized spacial score (nSPS) is 12.4. The molecule has 0 saturated carbocycles. The predicted octanol–water partition coefficient (Wildman–Crippen LogP) is 2.44. The number of aryl methyl sites for hydroxylation is 2. The van der Waals surface area contributed by atoms with Gasteiger partial charge >= 0.3 is 0 Å². The van der Waals surface area contributed by atoms with Crippen molar-refractivity contribution in [3.8, 4) is 5.75 Å². The van der Waals surface area contributed by atoms with Crippen LogP contribution in [0.4, 0.5) is 4.39 Å². The average Bonchev–Trinajstić information content (AvgIpc) is 2.81. The second-order valence-corrected chi connectivity index (χ2v) is 4.67. The van der Waals surface area contributed by atoms with Gasteiger partial charge in [0.1, 0.15) is 11.6 Å². The van der Waals surface area contributed by atoms with Crippen LogP contribution >= 0.6 is 0 Å². The molecular formula is C15H20FN3O. The van der Waals surface area contributed by atoms with Gasteiger partial charge in [-0.2, -0.15) is 5.10 Å². The number of hydrogen-bond donors (Lipinski definition) is 1. The summed E-state index contributed by atoms with van der Waals surface area (Å²) in [6.45, 7) is 2.06. The Balaban J connectivity index is 2.54. The maximum Gasteiger partial charge on any atom is 0.124 e. The van der Waals surface area contributed by atoms with Gasteiger partial charge in [0.25, 0.3) is 0 Å². The molecule has 0 aliphatic carbocycles. The Hall–Kier alpha value is -1.88. The van der Waals surface area contributed by atoms with Crippen LogP contribution in [0, 0.1) is 5.82 Å². The van der Waals surface area contributed by atoms with E-state index < -0.39 is 0 Å². The van der Waals surface area contributed by atoms with Crippen LogP contribution in [0.2, 0.25) is 0 Å². The van der Waals surface area contributed by atoms with E-state index >= 15 is 0 Å². The minimum atomic E-state index is -0.275. The van der Waals surface area contributed by atoms with Crippen molar-refractivity contribution >= 4 is 0 Å². The number of aromatic nitrogens is 2. The molecule has 0 saturated heterocycles. The molecule has 1 aromatic carbocycles. The van der Waals surface area contributed by atoms with Crippen molar-refractivity contribution < 1.29 is 9.13 Å². The van der Waals surface area contributed by atoms with Gasteiger partial charge in [0.2, 0.25) is 0 Å². The standard InChI is InChI=1S/C15H20FN3O/c1-5-13-12(9-19(3)18-13)15(17-2)11-8-10(16)6-7-14(11)20-4/h6-9,15,17H,5H2,1-4H3. The van der Waals surface area contributed by atoms with Gasteiger partial charge in [0.15, 0.2) is 0 Å². The summed E-state index contributed by atoms with van der Waals surface area (Å²) in [6.07, 6.45) is 2.79. The Morgan fingerprint density at radius 3 is 2.75 bits per heavy atom. The third-order valence-corrected chi connectivity index (χ3v) is 3.37. The summed E-state index contributed by atoms with van der Waals surface area (Å²) in [7, 11) is 5.33. The smallest absolute Gasteiger partial charge is 0.124 e. The SMILES string of the molecule is CCc1nn(C)cc1C(NC)c1cc(F)ccc1OC. The van der Waals surface area contributed by atoms with Crippen LogP contribution in [-0.4, -0.2) is 23.9 Å². The van der Waals surface area contributed by atoms with Crippen LogP contribution in [0.3, 0.4) is 0 Å². The van der Waals surface area contributed by atoms with Crippen LogP contribution in [0.25, 0.3) is 0 Å². The Bertz CT molecular complexity index is 595. The number of halogens is 1. The zero-order valence-electron chi connectivity index (χ0n) is 12.3. The molecule has 1 heterocycles. The van der Waals surface area contributed by atoms with E-state index in [2.05, 4.69) is 17.3 Å². The molecule has 0 amide bonds. The quantitative estimate of drug-likeness (QED) is 0.912. The zero-order chi connectivity index (χ0) is 14.7. The Morgan fingerprint density at radius 1 is 1.40 bits per heavy atom. The van der Waals surface area contributed by atoms with Crippen molar-refractivity contribution in [1.82, 2.24) is 15.1 Å². The summed E-state index contributed by atoms with van der Waals surface area (Å²) in [5.41, 5.74) is 2.82. The van der Waals surface area contributed by atoms with Gasteiger partial charge < -0.3 is 10.1 Å². The number of ether oxygens (including phenoxy) is 1. The monoisotopic (exact) mass is 277 g/mol. The van der Waals surface area contributed by atoms with Crippen LogP contribution in [0.5, 0.6) is 5.75 Å². The van der Waals surface area contributed by atoms with Gasteiger partial charge in [-0.05, 0) is 31.7 Å². The number of nitrogens with zero attached hydrogens (tertiary/aromatic N) is 2. The first-order chi connectivity index (χ1) is 9.60. The number of rotatable bonds is 5. The molecule has 1 aromatic heterocycles. The van der Waals surface area contributed by atoms with Gasteiger partial charge in [-0.3, -0.25) is 4.68 Å². The molecule has 0 aliphatic heterocycles. The van der Waals surface area contributed by atoms with Gasteiger partial charge in [-0.25, -0.2) is 4.39 Å². The summed E-state index contributed by atoms with van der Waals surface area (Å²) in [5.74, 6) is 0.389. The molecule has 0 fully saturated rings.